The van der Waals surface area contributed by atoms with E-state index in [9.17, 15) is 0 Å². The molecule has 0 bridgehead atoms. The third-order valence-corrected chi connectivity index (χ3v) is 3.94. The van der Waals surface area contributed by atoms with Gasteiger partial charge in [-0.3, -0.25) is 0 Å². The number of hydrogen-bond acceptors (Lipinski definition) is 2. The normalized spacial score (nSPS) is 20.2. The average Bonchev–Trinajstić information content (AvgIpc) is 2.46. The van der Waals surface area contributed by atoms with Gasteiger partial charge in [-0.2, -0.15) is 0 Å². The Morgan fingerprint density at radius 1 is 0.895 bits per heavy atom. The van der Waals surface area contributed by atoms with Gasteiger partial charge in [0.25, 0.3) is 0 Å². The molecule has 1 saturated heterocycles. The number of hydrogen-bond donors (Lipinski definition) is 2. The zero-order valence-corrected chi connectivity index (χ0v) is 12.9. The third-order valence-electron chi connectivity index (χ3n) is 3.94. The van der Waals surface area contributed by atoms with Gasteiger partial charge in [0.1, 0.15) is 0 Å². The second-order valence-corrected chi connectivity index (χ2v) is 5.81. The maximum atomic E-state index is 3.58. The van der Waals surface area contributed by atoms with Crippen molar-refractivity contribution in [3.8, 4) is 0 Å². The topological polar surface area (TPSA) is 24.1 Å². The molecule has 0 spiro atoms. The Morgan fingerprint density at radius 3 is 2.37 bits per heavy atom. The molecule has 0 aromatic heterocycles. The van der Waals surface area contributed by atoms with Crippen molar-refractivity contribution in [2.24, 2.45) is 0 Å². The lowest BCUT2D eigenvalue weighted by molar-refractivity contribution is 0.386. The second kappa shape index (κ2) is 12.7. The molecule has 1 aliphatic rings. The van der Waals surface area contributed by atoms with Crippen molar-refractivity contribution >= 4 is 0 Å². The SMILES string of the molecule is CCCC/C=C/CCCCCCCC1CNCCN1. The first kappa shape index (κ1) is 16.7. The number of rotatable bonds is 11. The summed E-state index contributed by atoms with van der Waals surface area (Å²) in [6.45, 7) is 5.71. The highest BCUT2D eigenvalue weighted by Crippen LogP contribution is 2.10. The Balaban J connectivity index is 1.77. The van der Waals surface area contributed by atoms with Gasteiger partial charge in [0.05, 0.1) is 0 Å². The van der Waals surface area contributed by atoms with Crippen molar-refractivity contribution < 1.29 is 0 Å². The molecule has 1 unspecified atom stereocenters. The molecule has 0 aromatic rings. The van der Waals surface area contributed by atoms with Gasteiger partial charge in [-0.05, 0) is 25.7 Å². The molecule has 0 aliphatic carbocycles. The number of allylic oxidation sites excluding steroid dienone is 2. The summed E-state index contributed by atoms with van der Waals surface area (Å²) in [7, 11) is 0. The van der Waals surface area contributed by atoms with E-state index in [1.165, 1.54) is 70.8 Å². The molecule has 2 N–H and O–H groups in total. The summed E-state index contributed by atoms with van der Waals surface area (Å²) in [5, 5.41) is 7.04. The maximum absolute atomic E-state index is 3.58. The number of unbranched alkanes of at least 4 members (excludes halogenated alkanes) is 7. The molecule has 2 nitrogen and oxygen atoms in total. The fourth-order valence-corrected chi connectivity index (χ4v) is 2.66. The molecule has 19 heavy (non-hydrogen) atoms. The predicted octanol–water partition coefficient (Wildman–Crippen LogP) is 4.02. The van der Waals surface area contributed by atoms with Gasteiger partial charge >= 0.3 is 0 Å². The minimum absolute atomic E-state index is 0.732. The van der Waals surface area contributed by atoms with Gasteiger partial charge in [0.2, 0.25) is 0 Å². The van der Waals surface area contributed by atoms with Crippen molar-refractivity contribution in [3.63, 3.8) is 0 Å². The summed E-state index contributed by atoms with van der Waals surface area (Å²) in [5.41, 5.74) is 0. The van der Waals surface area contributed by atoms with Gasteiger partial charge in [-0.15, -0.1) is 0 Å². The van der Waals surface area contributed by atoms with E-state index in [1.807, 2.05) is 0 Å². The van der Waals surface area contributed by atoms with Gasteiger partial charge in [-0.1, -0.05) is 57.6 Å². The van der Waals surface area contributed by atoms with Gasteiger partial charge < -0.3 is 10.6 Å². The quantitative estimate of drug-likeness (QED) is 0.436. The van der Waals surface area contributed by atoms with Crippen LogP contribution in [0, 0.1) is 0 Å². The van der Waals surface area contributed by atoms with E-state index in [1.54, 1.807) is 0 Å². The van der Waals surface area contributed by atoms with Crippen molar-refractivity contribution in [1.82, 2.24) is 10.6 Å². The molecule has 1 rings (SSSR count). The van der Waals surface area contributed by atoms with Crippen LogP contribution in [0.1, 0.15) is 71.1 Å². The Labute approximate surface area is 120 Å². The molecule has 112 valence electrons. The van der Waals surface area contributed by atoms with Crippen LogP contribution in [-0.2, 0) is 0 Å². The second-order valence-electron chi connectivity index (χ2n) is 5.81. The molecule has 1 heterocycles. The van der Waals surface area contributed by atoms with Crippen LogP contribution in [0.2, 0.25) is 0 Å². The van der Waals surface area contributed by atoms with E-state index in [0.29, 0.717) is 0 Å². The van der Waals surface area contributed by atoms with Gasteiger partial charge in [0, 0.05) is 25.7 Å². The predicted molar refractivity (Wildman–Crippen MR) is 85.6 cm³/mol. The van der Waals surface area contributed by atoms with E-state index in [0.717, 1.165) is 19.1 Å². The standard InChI is InChI=1S/C17H34N2/c1-2-3-4-5-6-7-8-9-10-11-12-13-17-16-18-14-15-19-17/h5-6,17-19H,2-4,7-16H2,1H3/b6-5+. The monoisotopic (exact) mass is 266 g/mol. The first-order valence-electron chi connectivity index (χ1n) is 8.52. The summed E-state index contributed by atoms with van der Waals surface area (Å²) in [4.78, 5) is 0. The third kappa shape index (κ3) is 10.1. The van der Waals surface area contributed by atoms with Crippen LogP contribution in [0.25, 0.3) is 0 Å². The molecule has 0 saturated carbocycles. The summed E-state index contributed by atoms with van der Waals surface area (Å²) < 4.78 is 0. The minimum atomic E-state index is 0.732. The Hall–Kier alpha value is -0.340. The zero-order chi connectivity index (χ0) is 13.6. The average molecular weight is 266 g/mol. The highest BCUT2D eigenvalue weighted by molar-refractivity contribution is 4.81. The van der Waals surface area contributed by atoms with Crippen LogP contribution < -0.4 is 10.6 Å². The molecule has 1 aliphatic heterocycles. The molecular formula is C17H34N2. The van der Waals surface area contributed by atoms with E-state index in [4.69, 9.17) is 0 Å². The Kier molecular flexibility index (Phi) is 11.2. The van der Waals surface area contributed by atoms with E-state index in [2.05, 4.69) is 29.7 Å². The fraction of sp³-hybridized carbons (Fsp3) is 0.882. The number of piperazine rings is 1. The molecule has 1 fully saturated rings. The smallest absolute Gasteiger partial charge is 0.0193 e. The van der Waals surface area contributed by atoms with Crippen molar-refractivity contribution in [2.75, 3.05) is 19.6 Å². The molecule has 0 amide bonds. The summed E-state index contributed by atoms with van der Waals surface area (Å²) in [6.07, 6.45) is 18.3. The van der Waals surface area contributed by atoms with Crippen LogP contribution >= 0.6 is 0 Å². The Bertz CT molecular complexity index is 207. The molecule has 2 heteroatoms. The largest absolute Gasteiger partial charge is 0.314 e. The van der Waals surface area contributed by atoms with Crippen LogP contribution in [-0.4, -0.2) is 25.7 Å². The van der Waals surface area contributed by atoms with Crippen LogP contribution in [0.5, 0.6) is 0 Å². The Morgan fingerprint density at radius 2 is 1.63 bits per heavy atom. The minimum Gasteiger partial charge on any atom is -0.314 e. The first-order valence-corrected chi connectivity index (χ1v) is 8.52. The summed E-state index contributed by atoms with van der Waals surface area (Å²) in [5.74, 6) is 0. The molecule has 0 radical (unpaired) electrons. The lowest BCUT2D eigenvalue weighted by atomic mass is 10.0. The highest BCUT2D eigenvalue weighted by Gasteiger charge is 2.10. The van der Waals surface area contributed by atoms with Crippen molar-refractivity contribution in [1.29, 1.82) is 0 Å². The fourth-order valence-electron chi connectivity index (χ4n) is 2.66. The first-order chi connectivity index (χ1) is 9.43. The summed E-state index contributed by atoms with van der Waals surface area (Å²) in [6, 6.07) is 0.732. The van der Waals surface area contributed by atoms with Gasteiger partial charge in [-0.25, -0.2) is 0 Å². The van der Waals surface area contributed by atoms with E-state index < -0.39 is 0 Å². The van der Waals surface area contributed by atoms with Crippen LogP contribution in [0.15, 0.2) is 12.2 Å². The number of nitrogens with one attached hydrogen (secondary N) is 2. The lowest BCUT2D eigenvalue weighted by Crippen LogP contribution is -2.48. The zero-order valence-electron chi connectivity index (χ0n) is 12.9. The summed E-state index contributed by atoms with van der Waals surface area (Å²) >= 11 is 0. The molecular weight excluding hydrogens is 232 g/mol. The van der Waals surface area contributed by atoms with E-state index >= 15 is 0 Å². The maximum Gasteiger partial charge on any atom is 0.0193 e. The van der Waals surface area contributed by atoms with Crippen molar-refractivity contribution in [2.45, 2.75) is 77.2 Å². The lowest BCUT2D eigenvalue weighted by Gasteiger charge is -2.24. The van der Waals surface area contributed by atoms with Crippen LogP contribution in [0.4, 0.5) is 0 Å². The van der Waals surface area contributed by atoms with Gasteiger partial charge in [0.15, 0.2) is 0 Å². The molecule has 1 atom stereocenters. The van der Waals surface area contributed by atoms with Crippen molar-refractivity contribution in [3.05, 3.63) is 12.2 Å². The van der Waals surface area contributed by atoms with Crippen LogP contribution in [0.3, 0.4) is 0 Å². The van der Waals surface area contributed by atoms with E-state index in [-0.39, 0.29) is 0 Å². The molecule has 0 aromatic carbocycles. The highest BCUT2D eigenvalue weighted by atomic mass is 15.0.